The third kappa shape index (κ3) is 2.84. The number of nitrogens with zero attached hydrogens (tertiary/aromatic N) is 3. The van der Waals surface area contributed by atoms with E-state index in [4.69, 9.17) is 0 Å². The highest BCUT2D eigenvalue weighted by molar-refractivity contribution is 6.30. The molecule has 0 radical (unpaired) electrons. The number of aromatic hydroxyl groups is 1. The van der Waals surface area contributed by atoms with Gasteiger partial charge in [-0.1, -0.05) is 0 Å². The lowest BCUT2D eigenvalue weighted by atomic mass is 9.87. The Kier molecular flexibility index (Phi) is 4.29. The lowest BCUT2D eigenvalue weighted by Gasteiger charge is -2.37. The van der Waals surface area contributed by atoms with Crippen molar-refractivity contribution >= 4 is 23.0 Å². The molecule has 0 spiro atoms. The molecule has 5 aliphatic rings. The van der Waals surface area contributed by atoms with E-state index < -0.39 is 0 Å². The zero-order chi connectivity index (χ0) is 24.0. The van der Waals surface area contributed by atoms with Crippen LogP contribution in [0.5, 0.6) is 5.88 Å². The monoisotopic (exact) mass is 478 g/mol. The van der Waals surface area contributed by atoms with Crippen LogP contribution in [-0.2, 0) is 25.7 Å². The lowest BCUT2D eigenvalue weighted by molar-refractivity contribution is 0.101. The van der Waals surface area contributed by atoms with Gasteiger partial charge in [-0.15, -0.1) is 0 Å². The van der Waals surface area contributed by atoms with Gasteiger partial charge in [-0.2, -0.15) is 0 Å². The zero-order valence-electron chi connectivity index (χ0n) is 20.5. The number of aromatic amines is 1. The first-order valence-corrected chi connectivity index (χ1v) is 13.6. The number of anilines is 2. The van der Waals surface area contributed by atoms with Gasteiger partial charge in [0.15, 0.2) is 5.88 Å². The van der Waals surface area contributed by atoms with Crippen LogP contribution in [0.15, 0.2) is 29.3 Å². The average Bonchev–Trinajstić information content (AvgIpc) is 3.42. The molecule has 2 aromatic carbocycles. The molecule has 2 N–H and O–H groups in total. The van der Waals surface area contributed by atoms with Crippen LogP contribution in [0.4, 0.5) is 11.4 Å². The number of aliphatic imine (C=N–C) groups is 1. The van der Waals surface area contributed by atoms with Gasteiger partial charge < -0.3 is 19.9 Å². The molecule has 1 aromatic heterocycles. The summed E-state index contributed by atoms with van der Waals surface area (Å²) < 4.78 is 0. The molecule has 0 saturated carbocycles. The third-order valence-corrected chi connectivity index (χ3v) is 8.87. The highest BCUT2D eigenvalue weighted by Crippen LogP contribution is 2.44. The van der Waals surface area contributed by atoms with E-state index in [0.717, 1.165) is 88.7 Å². The number of carbonyl (C=O) groups is 1. The minimum atomic E-state index is -0.257. The van der Waals surface area contributed by atoms with E-state index >= 15 is 0 Å². The van der Waals surface area contributed by atoms with Crippen LogP contribution in [0.3, 0.4) is 0 Å². The van der Waals surface area contributed by atoms with Crippen LogP contribution in [0, 0.1) is 0 Å². The van der Waals surface area contributed by atoms with E-state index in [1.54, 1.807) is 0 Å². The van der Waals surface area contributed by atoms with Crippen LogP contribution < -0.4 is 9.80 Å². The molecule has 5 aliphatic heterocycles. The second-order valence-electron chi connectivity index (χ2n) is 11.0. The first kappa shape index (κ1) is 20.6. The second kappa shape index (κ2) is 7.48. The van der Waals surface area contributed by atoms with E-state index in [-0.39, 0.29) is 11.8 Å². The summed E-state index contributed by atoms with van der Waals surface area (Å²) in [6, 6.07) is 8.87. The van der Waals surface area contributed by atoms with Crippen molar-refractivity contribution in [3.63, 3.8) is 0 Å². The molecule has 0 saturated heterocycles. The maximum atomic E-state index is 13.3. The van der Waals surface area contributed by atoms with E-state index in [0.29, 0.717) is 22.5 Å². The summed E-state index contributed by atoms with van der Waals surface area (Å²) in [6.45, 7) is 4.53. The Morgan fingerprint density at radius 2 is 1.17 bits per heavy atom. The topological polar surface area (TPSA) is 71.9 Å². The van der Waals surface area contributed by atoms with Gasteiger partial charge in [-0.3, -0.25) is 4.79 Å². The standard InChI is InChI=1S/C30H30N4O2/c35-29-23-24(26(32-29)22-15-19-7-3-11-34-12-4-8-20(16-22)28(19)34)30(36)31-25(23)21-13-17-5-1-9-33-10-2-6-18(14-21)27(17)33/h13-16,31,36H,1-12H2. The highest BCUT2D eigenvalue weighted by Gasteiger charge is 2.35. The number of nitrogens with one attached hydrogen (secondary N) is 1. The molecule has 3 aromatic rings. The number of amides is 1. The van der Waals surface area contributed by atoms with Gasteiger partial charge in [-0.25, -0.2) is 4.99 Å². The van der Waals surface area contributed by atoms with Crippen molar-refractivity contribution in [3.8, 4) is 17.1 Å². The maximum absolute atomic E-state index is 13.3. The Hall–Kier alpha value is -3.54. The van der Waals surface area contributed by atoms with Crippen LogP contribution in [0.2, 0.25) is 0 Å². The molecule has 0 unspecified atom stereocenters. The molecule has 6 nitrogen and oxygen atoms in total. The first-order valence-electron chi connectivity index (χ1n) is 13.6. The predicted octanol–water partition coefficient (Wildman–Crippen LogP) is 4.78. The molecule has 1 amide bonds. The van der Waals surface area contributed by atoms with Crippen LogP contribution in [0.25, 0.3) is 11.3 Å². The summed E-state index contributed by atoms with van der Waals surface area (Å²) in [5.41, 5.74) is 12.6. The fraction of sp³-hybridized carbons (Fsp3) is 0.400. The molecule has 0 aliphatic carbocycles. The third-order valence-electron chi connectivity index (χ3n) is 8.87. The highest BCUT2D eigenvalue weighted by atomic mass is 16.3. The average molecular weight is 479 g/mol. The van der Waals surface area contributed by atoms with E-state index in [2.05, 4.69) is 44.0 Å². The summed E-state index contributed by atoms with van der Waals surface area (Å²) in [7, 11) is 0. The van der Waals surface area contributed by atoms with Crippen LogP contribution >= 0.6 is 0 Å². The van der Waals surface area contributed by atoms with Crippen molar-refractivity contribution in [2.45, 2.75) is 51.4 Å². The van der Waals surface area contributed by atoms with Gasteiger partial charge in [0.05, 0.1) is 22.5 Å². The van der Waals surface area contributed by atoms with Gasteiger partial charge in [-0.05, 0) is 103 Å². The Bertz CT molecular complexity index is 1430. The van der Waals surface area contributed by atoms with Gasteiger partial charge >= 0.3 is 0 Å². The lowest BCUT2D eigenvalue weighted by Crippen LogP contribution is -2.34. The molecule has 0 fully saturated rings. The zero-order valence-corrected chi connectivity index (χ0v) is 20.5. The number of aromatic nitrogens is 1. The smallest absolute Gasteiger partial charge is 0.280 e. The molecule has 8 rings (SSSR count). The minimum absolute atomic E-state index is 0.0468. The number of carbonyl (C=O) groups excluding carboxylic acids is 1. The van der Waals surface area contributed by atoms with Crippen LogP contribution in [0.1, 0.15) is 69.4 Å². The number of fused-ring (bicyclic) bond motifs is 1. The maximum Gasteiger partial charge on any atom is 0.280 e. The molecular formula is C30H30N4O2. The quantitative estimate of drug-likeness (QED) is 0.556. The first-order chi connectivity index (χ1) is 17.7. The molecule has 0 atom stereocenters. The number of hydrogen-bond donors (Lipinski definition) is 2. The van der Waals surface area contributed by atoms with E-state index in [9.17, 15) is 9.90 Å². The molecular weight excluding hydrogens is 448 g/mol. The van der Waals surface area contributed by atoms with Gasteiger partial charge in [0.1, 0.15) is 0 Å². The van der Waals surface area contributed by atoms with Gasteiger partial charge in [0.25, 0.3) is 5.91 Å². The Balaban J connectivity index is 1.25. The Labute approximate surface area is 210 Å². The molecule has 6 heterocycles. The fourth-order valence-corrected chi connectivity index (χ4v) is 7.46. The predicted molar refractivity (Wildman–Crippen MR) is 142 cm³/mol. The van der Waals surface area contributed by atoms with Gasteiger partial charge in [0.2, 0.25) is 0 Å². The van der Waals surface area contributed by atoms with Crippen molar-refractivity contribution in [2.75, 3.05) is 36.0 Å². The minimum Gasteiger partial charge on any atom is -0.494 e. The van der Waals surface area contributed by atoms with Crippen molar-refractivity contribution in [1.82, 2.24) is 4.98 Å². The Morgan fingerprint density at radius 1 is 0.694 bits per heavy atom. The number of rotatable bonds is 2. The molecule has 0 bridgehead atoms. The number of benzene rings is 2. The summed E-state index contributed by atoms with van der Waals surface area (Å²) >= 11 is 0. The molecule has 6 heteroatoms. The molecule has 182 valence electrons. The second-order valence-corrected chi connectivity index (χ2v) is 11.0. The largest absolute Gasteiger partial charge is 0.494 e. The Morgan fingerprint density at radius 3 is 1.67 bits per heavy atom. The number of hydrogen-bond acceptors (Lipinski definition) is 4. The van der Waals surface area contributed by atoms with Crippen LogP contribution in [-0.4, -0.2) is 47.9 Å². The van der Waals surface area contributed by atoms with Crippen molar-refractivity contribution in [3.05, 3.63) is 63.2 Å². The molecule has 36 heavy (non-hydrogen) atoms. The van der Waals surface area contributed by atoms with Crippen molar-refractivity contribution in [2.24, 2.45) is 4.99 Å². The summed E-state index contributed by atoms with van der Waals surface area (Å²) in [4.78, 5) is 26.1. The summed E-state index contributed by atoms with van der Waals surface area (Å²) in [6.07, 6.45) is 8.87. The number of aryl methyl sites for hydroxylation is 4. The summed E-state index contributed by atoms with van der Waals surface area (Å²) in [5.74, 6) is -0.210. The summed E-state index contributed by atoms with van der Waals surface area (Å²) in [5, 5.41) is 11.1. The SMILES string of the molecule is O=C1N=C(c2cc3c4c(c2)CCCN4CCC3)c2c(O)[nH]c(-c3cc4c5c(c3)CCCN5CCC4)c21. The number of H-pyrrole nitrogens is 1. The van der Waals surface area contributed by atoms with Gasteiger partial charge in [0, 0.05) is 43.1 Å². The van der Waals surface area contributed by atoms with Crippen molar-refractivity contribution < 1.29 is 9.90 Å². The van der Waals surface area contributed by atoms with Crippen molar-refractivity contribution in [1.29, 1.82) is 0 Å². The fourth-order valence-electron chi connectivity index (χ4n) is 7.46. The van der Waals surface area contributed by atoms with E-state index in [1.807, 2.05) is 0 Å². The normalized spacial score (nSPS) is 19.7. The van der Waals surface area contributed by atoms with E-state index in [1.165, 1.54) is 33.6 Å².